The number of aromatic nitrogens is 1. The molecule has 0 saturated heterocycles. The molecule has 0 spiro atoms. The van der Waals surface area contributed by atoms with Crippen molar-refractivity contribution in [3.8, 4) is 0 Å². The number of hydrazone groups is 1. The predicted octanol–water partition coefficient (Wildman–Crippen LogP) is 2.07. The van der Waals surface area contributed by atoms with Gasteiger partial charge in [-0.25, -0.2) is 15.0 Å². The second kappa shape index (κ2) is 5.92. The Morgan fingerprint density at radius 3 is 3.09 bits per heavy atom. The van der Waals surface area contributed by atoms with Gasteiger partial charge in [-0.1, -0.05) is 24.3 Å². The molecule has 1 aromatic heterocycles. The zero-order valence-corrected chi connectivity index (χ0v) is 13.2. The Hall–Kier alpha value is -2.54. The number of hydrogen-bond acceptors (Lipinski definition) is 7. The van der Waals surface area contributed by atoms with E-state index in [-0.39, 0.29) is 11.8 Å². The zero-order valence-electron chi connectivity index (χ0n) is 12.3. The third-order valence-electron chi connectivity index (χ3n) is 3.89. The van der Waals surface area contributed by atoms with Gasteiger partial charge in [-0.05, 0) is 11.1 Å². The minimum atomic E-state index is -0.169. The van der Waals surface area contributed by atoms with Crippen LogP contribution in [0.15, 0.2) is 45.9 Å². The minimum Gasteiger partial charge on any atom is -0.353 e. The second-order valence-electron chi connectivity index (χ2n) is 5.33. The van der Waals surface area contributed by atoms with Gasteiger partial charge in [0.25, 0.3) is 0 Å². The average Bonchev–Trinajstić information content (AvgIpc) is 3.29. The number of Topliss-reactive ketones (excluding diaryl/α,β-unsaturated/α-hetero) is 1. The summed E-state index contributed by atoms with van der Waals surface area (Å²) in [4.78, 5) is 21.1. The molecule has 2 aromatic rings. The number of guanidine groups is 1. The highest BCUT2D eigenvalue weighted by atomic mass is 32.1. The highest BCUT2D eigenvalue weighted by Gasteiger charge is 2.31. The van der Waals surface area contributed by atoms with Gasteiger partial charge in [-0.3, -0.25) is 4.79 Å². The van der Waals surface area contributed by atoms with Crippen molar-refractivity contribution in [3.05, 3.63) is 52.0 Å². The highest BCUT2D eigenvalue weighted by Crippen LogP contribution is 2.32. The van der Waals surface area contributed by atoms with Gasteiger partial charge in [0.05, 0.1) is 18.8 Å². The third-order valence-corrected chi connectivity index (χ3v) is 4.71. The Labute approximate surface area is 137 Å². The molecule has 0 saturated carbocycles. The van der Waals surface area contributed by atoms with Crippen LogP contribution >= 0.6 is 11.3 Å². The summed E-state index contributed by atoms with van der Waals surface area (Å²) in [6.45, 7) is 1.53. The van der Waals surface area contributed by atoms with Crippen molar-refractivity contribution in [2.24, 2.45) is 10.1 Å². The number of ketones is 1. The van der Waals surface area contributed by atoms with Crippen LogP contribution in [0.1, 0.15) is 33.4 Å². The molecule has 1 unspecified atom stereocenters. The van der Waals surface area contributed by atoms with Gasteiger partial charge in [-0.2, -0.15) is 5.10 Å². The fraction of sp³-hybridized carbons (Fsp3) is 0.250. The van der Waals surface area contributed by atoms with Gasteiger partial charge >= 0.3 is 0 Å². The molecular weight excluding hydrogens is 310 g/mol. The van der Waals surface area contributed by atoms with Crippen LogP contribution in [0.5, 0.6) is 0 Å². The number of carbonyl (C=O) groups excluding carboxylic acids is 1. The Kier molecular flexibility index (Phi) is 3.63. The Morgan fingerprint density at radius 1 is 1.39 bits per heavy atom. The molecule has 0 aliphatic carbocycles. The van der Waals surface area contributed by atoms with E-state index in [1.54, 1.807) is 6.20 Å². The smallest absolute Gasteiger partial charge is 0.215 e. The predicted molar refractivity (Wildman–Crippen MR) is 90.0 cm³/mol. The fourth-order valence-corrected chi connectivity index (χ4v) is 3.42. The number of nitrogens with one attached hydrogen (secondary N) is 1. The topological polar surface area (TPSA) is 70.0 Å². The van der Waals surface area contributed by atoms with Gasteiger partial charge in [0.1, 0.15) is 0 Å². The highest BCUT2D eigenvalue weighted by molar-refractivity contribution is 7.11. The number of aliphatic imine (C=N–C) groups is 1. The molecule has 116 valence electrons. The number of rotatable bonds is 3. The van der Waals surface area contributed by atoms with Gasteiger partial charge in [0.15, 0.2) is 10.8 Å². The molecule has 2 aliphatic rings. The van der Waals surface area contributed by atoms with Gasteiger partial charge < -0.3 is 5.32 Å². The number of nitrogens with zero attached hydrogens (tertiary/aromatic N) is 4. The van der Waals surface area contributed by atoms with Crippen molar-refractivity contribution in [2.45, 2.75) is 12.5 Å². The first-order valence-corrected chi connectivity index (χ1v) is 8.34. The number of fused-ring (bicyclic) bond motifs is 1. The lowest BCUT2D eigenvalue weighted by Crippen LogP contribution is -2.40. The van der Waals surface area contributed by atoms with Crippen LogP contribution in [-0.2, 0) is 0 Å². The lowest BCUT2D eigenvalue weighted by molar-refractivity contribution is 0.0948. The van der Waals surface area contributed by atoms with E-state index in [1.807, 2.05) is 40.9 Å². The van der Waals surface area contributed by atoms with E-state index >= 15 is 0 Å². The van der Waals surface area contributed by atoms with Crippen molar-refractivity contribution in [1.82, 2.24) is 15.3 Å². The molecule has 0 amide bonds. The largest absolute Gasteiger partial charge is 0.353 e. The first-order valence-electron chi connectivity index (χ1n) is 7.46. The summed E-state index contributed by atoms with van der Waals surface area (Å²) in [6.07, 6.45) is 3.80. The summed E-state index contributed by atoms with van der Waals surface area (Å²) in [5.41, 5.74) is 2.13. The third kappa shape index (κ3) is 2.63. The van der Waals surface area contributed by atoms with Gasteiger partial charge in [0, 0.05) is 24.5 Å². The van der Waals surface area contributed by atoms with Crippen LogP contribution in [0, 0.1) is 0 Å². The lowest BCUT2D eigenvalue weighted by Gasteiger charge is -2.32. The molecule has 3 heterocycles. The van der Waals surface area contributed by atoms with Crippen molar-refractivity contribution in [1.29, 1.82) is 0 Å². The maximum Gasteiger partial charge on any atom is 0.215 e. The summed E-state index contributed by atoms with van der Waals surface area (Å²) in [7, 11) is 0. The first-order chi connectivity index (χ1) is 11.3. The Morgan fingerprint density at radius 2 is 2.30 bits per heavy atom. The quantitative estimate of drug-likeness (QED) is 0.877. The van der Waals surface area contributed by atoms with E-state index in [9.17, 15) is 4.79 Å². The molecule has 4 rings (SSSR count). The van der Waals surface area contributed by atoms with E-state index in [1.165, 1.54) is 11.3 Å². The average molecular weight is 325 g/mol. The summed E-state index contributed by atoms with van der Waals surface area (Å²) in [5.74, 6) is 0.758. The Balaban J connectivity index is 1.69. The summed E-state index contributed by atoms with van der Waals surface area (Å²) in [5, 5.41) is 11.9. The van der Waals surface area contributed by atoms with E-state index in [0.717, 1.165) is 30.2 Å². The van der Waals surface area contributed by atoms with Crippen molar-refractivity contribution < 1.29 is 4.79 Å². The molecule has 0 fully saturated rings. The molecule has 0 bridgehead atoms. The van der Waals surface area contributed by atoms with Crippen LogP contribution in [0.4, 0.5) is 0 Å². The maximum absolute atomic E-state index is 12.6. The van der Waals surface area contributed by atoms with Crippen LogP contribution < -0.4 is 5.32 Å². The molecule has 23 heavy (non-hydrogen) atoms. The number of benzene rings is 1. The van der Waals surface area contributed by atoms with Crippen LogP contribution in [0.2, 0.25) is 0 Å². The standard InChI is InChI=1S/C16H15N5OS/c22-14(15-17-7-8-23-15)9-13-12-4-2-1-3-11(12)10-20-21(13)16-18-5-6-19-16/h1-4,7-8,10,13H,5-6,9H2,(H,18,19). The van der Waals surface area contributed by atoms with Crippen LogP contribution in [-0.4, -0.2) is 41.0 Å². The molecule has 6 nitrogen and oxygen atoms in total. The molecule has 0 radical (unpaired) electrons. The zero-order chi connectivity index (χ0) is 15.6. The van der Waals surface area contributed by atoms with Crippen molar-refractivity contribution in [3.63, 3.8) is 0 Å². The Bertz CT molecular complexity index is 784. The van der Waals surface area contributed by atoms with Crippen molar-refractivity contribution in [2.75, 3.05) is 13.1 Å². The molecule has 1 atom stereocenters. The van der Waals surface area contributed by atoms with E-state index in [4.69, 9.17) is 0 Å². The molecule has 7 heteroatoms. The summed E-state index contributed by atoms with van der Waals surface area (Å²) >= 11 is 1.37. The number of hydrogen-bond donors (Lipinski definition) is 1. The maximum atomic E-state index is 12.6. The van der Waals surface area contributed by atoms with E-state index in [0.29, 0.717) is 11.4 Å². The molecule has 2 aliphatic heterocycles. The normalized spacial score (nSPS) is 19.2. The lowest BCUT2D eigenvalue weighted by atomic mass is 9.95. The molecule has 1 aromatic carbocycles. The number of thiazole rings is 1. The second-order valence-corrected chi connectivity index (χ2v) is 6.23. The minimum absolute atomic E-state index is 0.0282. The van der Waals surface area contributed by atoms with Crippen LogP contribution in [0.3, 0.4) is 0 Å². The van der Waals surface area contributed by atoms with Gasteiger partial charge in [-0.15, -0.1) is 11.3 Å². The molecule has 1 N–H and O–H groups in total. The first kappa shape index (κ1) is 14.1. The fourth-order valence-electron chi connectivity index (χ4n) is 2.83. The molecular formula is C16H15N5OS. The number of carbonyl (C=O) groups is 1. The van der Waals surface area contributed by atoms with Crippen molar-refractivity contribution >= 4 is 29.3 Å². The monoisotopic (exact) mass is 325 g/mol. The summed E-state index contributed by atoms with van der Waals surface area (Å²) in [6, 6.07) is 7.85. The van der Waals surface area contributed by atoms with E-state index < -0.39 is 0 Å². The SMILES string of the molecule is O=C(CC1c2ccccc2C=NN1C1=NCCN1)c1nccs1. The summed E-state index contributed by atoms with van der Waals surface area (Å²) < 4.78 is 0. The van der Waals surface area contributed by atoms with Gasteiger partial charge in [0.2, 0.25) is 5.96 Å². The van der Waals surface area contributed by atoms with Crippen LogP contribution in [0.25, 0.3) is 0 Å². The van der Waals surface area contributed by atoms with E-state index in [2.05, 4.69) is 20.4 Å².